The number of H-pyrrole nitrogens is 1. The highest BCUT2D eigenvalue weighted by Crippen LogP contribution is 2.36. The van der Waals surface area contributed by atoms with E-state index in [1.54, 1.807) is 35.2 Å². The number of carbonyl (C=O) groups excluding carboxylic acids is 2. The highest BCUT2D eigenvalue weighted by Gasteiger charge is 2.33. The molecule has 2 aromatic carbocycles. The molecule has 3 aromatic rings. The number of phenols is 1. The van der Waals surface area contributed by atoms with Gasteiger partial charge in [-0.2, -0.15) is 0 Å². The molecule has 1 amide bonds. The van der Waals surface area contributed by atoms with Crippen LogP contribution in [0.25, 0.3) is 23.1 Å². The van der Waals surface area contributed by atoms with Crippen LogP contribution in [0.3, 0.4) is 0 Å². The zero-order valence-corrected chi connectivity index (χ0v) is 16.8. The molecule has 1 aliphatic carbocycles. The van der Waals surface area contributed by atoms with Gasteiger partial charge in [0.25, 0.3) is 12.4 Å². The maximum absolute atomic E-state index is 13.4. The van der Waals surface area contributed by atoms with E-state index in [-0.39, 0.29) is 17.6 Å². The molecule has 2 N–H and O–H groups in total. The van der Waals surface area contributed by atoms with Gasteiger partial charge in [0.15, 0.2) is 0 Å². The Labute approximate surface area is 178 Å². The van der Waals surface area contributed by atoms with E-state index in [2.05, 4.69) is 11.9 Å². The Morgan fingerprint density at radius 2 is 1.90 bits per heavy atom. The Hall–Kier alpha value is -4.06. The van der Waals surface area contributed by atoms with Crippen LogP contribution in [0.2, 0.25) is 0 Å². The molecule has 0 radical (unpaired) electrons. The van der Waals surface area contributed by atoms with Crippen LogP contribution in [-0.2, 0) is 4.79 Å². The highest BCUT2D eigenvalue weighted by atomic mass is 16.5. The molecule has 0 saturated carbocycles. The second-order valence-corrected chi connectivity index (χ2v) is 7.72. The van der Waals surface area contributed by atoms with Crippen LogP contribution < -0.4 is 20.1 Å². The van der Waals surface area contributed by atoms with E-state index in [1.807, 2.05) is 36.5 Å². The number of hydrogen-bond donors (Lipinski definition) is 2. The Kier molecular flexibility index (Phi) is 4.47. The second kappa shape index (κ2) is 7.32. The fourth-order valence-corrected chi connectivity index (χ4v) is 4.41. The predicted molar refractivity (Wildman–Crippen MR) is 120 cm³/mol. The van der Waals surface area contributed by atoms with E-state index in [1.165, 1.54) is 0 Å². The van der Waals surface area contributed by atoms with Gasteiger partial charge >= 0.3 is 0 Å². The van der Waals surface area contributed by atoms with E-state index in [4.69, 9.17) is 4.74 Å². The van der Waals surface area contributed by atoms with E-state index >= 15 is 0 Å². The minimum atomic E-state index is -0.177. The smallest absolute Gasteiger partial charge is 0.298 e. The van der Waals surface area contributed by atoms with Crippen LogP contribution >= 0.6 is 0 Å². The Morgan fingerprint density at radius 1 is 1.13 bits per heavy atom. The molecular weight excluding hydrogens is 392 g/mol. The van der Waals surface area contributed by atoms with Gasteiger partial charge in [-0.05, 0) is 35.0 Å². The summed E-state index contributed by atoms with van der Waals surface area (Å²) in [7, 11) is 0. The number of anilines is 1. The van der Waals surface area contributed by atoms with E-state index in [0.29, 0.717) is 24.5 Å². The number of benzene rings is 2. The van der Waals surface area contributed by atoms with Crippen LogP contribution in [0.1, 0.15) is 28.9 Å². The van der Waals surface area contributed by atoms with E-state index in [0.717, 1.165) is 32.6 Å². The van der Waals surface area contributed by atoms with Crippen molar-refractivity contribution in [2.75, 3.05) is 11.4 Å². The maximum atomic E-state index is 13.4. The molecule has 6 heteroatoms. The summed E-state index contributed by atoms with van der Waals surface area (Å²) in [5.74, 6) is 0.485. The number of nitrogens with one attached hydrogen (secondary N) is 1. The largest absolute Gasteiger partial charge is 0.508 e. The molecule has 0 bridgehead atoms. The van der Waals surface area contributed by atoms with Crippen LogP contribution in [0.5, 0.6) is 11.5 Å². The van der Waals surface area contributed by atoms with Crippen LogP contribution in [0.4, 0.5) is 5.69 Å². The lowest BCUT2D eigenvalue weighted by molar-refractivity contribution is -0.120. The summed E-state index contributed by atoms with van der Waals surface area (Å²) in [6, 6.07) is 8.44. The van der Waals surface area contributed by atoms with Gasteiger partial charge in [0.1, 0.15) is 17.2 Å². The zero-order chi connectivity index (χ0) is 21.5. The molecule has 0 spiro atoms. The fraction of sp³-hybridized carbons (Fsp3) is 0.120. The third kappa shape index (κ3) is 3.13. The molecule has 6 nitrogen and oxygen atoms in total. The van der Waals surface area contributed by atoms with Crippen molar-refractivity contribution in [2.45, 2.75) is 12.8 Å². The molecule has 0 fully saturated rings. The lowest BCUT2D eigenvalue weighted by atomic mass is 9.97. The third-order valence-corrected chi connectivity index (χ3v) is 5.74. The number of fused-ring (bicyclic) bond motifs is 4. The molecule has 1 unspecified atom stereocenters. The molecule has 5 rings (SSSR count). The van der Waals surface area contributed by atoms with Crippen molar-refractivity contribution in [3.05, 3.63) is 76.3 Å². The maximum Gasteiger partial charge on any atom is 0.298 e. The number of hydrogen-bond acceptors (Lipinski definition) is 4. The average molecular weight is 412 g/mol. The van der Waals surface area contributed by atoms with Gasteiger partial charge in [0.05, 0.1) is 5.69 Å². The van der Waals surface area contributed by atoms with E-state index < -0.39 is 0 Å². The molecule has 2 heterocycles. The zero-order valence-electron chi connectivity index (χ0n) is 16.8. The van der Waals surface area contributed by atoms with Crippen LogP contribution in [-0.4, -0.2) is 29.0 Å². The van der Waals surface area contributed by atoms with Gasteiger partial charge in [0, 0.05) is 34.7 Å². The molecule has 0 saturated heterocycles. The molecule has 154 valence electrons. The first-order valence-electron chi connectivity index (χ1n) is 10.0. The number of allylic oxidation sites excluding steroid dienone is 4. The SMILES string of the molecule is CC1CN(C(=O)c2cc3cc(O)ccc3[nH]2)c2cc(OC=O)c3/c(c21)=C\C=C/C=C\C=3. The van der Waals surface area contributed by atoms with Gasteiger partial charge in [-0.1, -0.05) is 43.4 Å². The van der Waals surface area contributed by atoms with Crippen molar-refractivity contribution in [2.24, 2.45) is 0 Å². The summed E-state index contributed by atoms with van der Waals surface area (Å²) in [6.07, 6.45) is 11.6. The Morgan fingerprint density at radius 3 is 2.68 bits per heavy atom. The van der Waals surface area contributed by atoms with Crippen molar-refractivity contribution in [1.82, 2.24) is 4.98 Å². The first kappa shape index (κ1) is 18.9. The van der Waals surface area contributed by atoms with Crippen molar-refractivity contribution in [3.63, 3.8) is 0 Å². The van der Waals surface area contributed by atoms with Gasteiger partial charge in [-0.25, -0.2) is 0 Å². The van der Waals surface area contributed by atoms with Crippen molar-refractivity contribution < 1.29 is 19.4 Å². The highest BCUT2D eigenvalue weighted by molar-refractivity contribution is 6.09. The molecule has 1 atom stereocenters. The van der Waals surface area contributed by atoms with Gasteiger partial charge in [-0.15, -0.1) is 0 Å². The number of aromatic nitrogens is 1. The predicted octanol–water partition coefficient (Wildman–Crippen LogP) is 2.86. The molecule has 1 aliphatic heterocycles. The second-order valence-electron chi connectivity index (χ2n) is 7.72. The lowest BCUT2D eigenvalue weighted by Gasteiger charge is -2.17. The monoisotopic (exact) mass is 412 g/mol. The average Bonchev–Trinajstić information content (AvgIpc) is 3.29. The molecular formula is C25H20N2O4. The fourth-order valence-electron chi connectivity index (χ4n) is 4.41. The van der Waals surface area contributed by atoms with Crippen molar-refractivity contribution in [1.29, 1.82) is 0 Å². The van der Waals surface area contributed by atoms with Gasteiger partial charge < -0.3 is 19.7 Å². The van der Waals surface area contributed by atoms with E-state index in [9.17, 15) is 14.7 Å². The number of aromatic amines is 1. The number of rotatable bonds is 3. The first-order valence-corrected chi connectivity index (χ1v) is 10.0. The minimum Gasteiger partial charge on any atom is -0.508 e. The molecule has 31 heavy (non-hydrogen) atoms. The summed E-state index contributed by atoms with van der Waals surface area (Å²) < 4.78 is 5.29. The summed E-state index contributed by atoms with van der Waals surface area (Å²) in [5.41, 5.74) is 2.99. The van der Waals surface area contributed by atoms with Crippen molar-refractivity contribution >= 4 is 41.1 Å². The molecule has 2 aliphatic rings. The third-order valence-electron chi connectivity index (χ3n) is 5.74. The summed E-state index contributed by atoms with van der Waals surface area (Å²) in [4.78, 5) is 29.5. The summed E-state index contributed by atoms with van der Waals surface area (Å²) in [6.45, 7) is 3.00. The number of aromatic hydroxyl groups is 1. The van der Waals surface area contributed by atoms with Crippen LogP contribution in [0, 0.1) is 0 Å². The number of ether oxygens (including phenoxy) is 1. The van der Waals surface area contributed by atoms with Gasteiger partial charge in [0.2, 0.25) is 0 Å². The first-order chi connectivity index (χ1) is 15.1. The van der Waals surface area contributed by atoms with Crippen LogP contribution in [0.15, 0.2) is 54.6 Å². The summed E-state index contributed by atoms with van der Waals surface area (Å²) in [5, 5.41) is 12.2. The Bertz CT molecular complexity index is 1410. The molecule has 1 aromatic heterocycles. The van der Waals surface area contributed by atoms with Gasteiger partial charge in [-0.3, -0.25) is 9.59 Å². The number of amides is 1. The minimum absolute atomic E-state index is 0.105. The normalized spacial score (nSPS) is 20.9. The number of nitrogens with zero attached hydrogens (tertiary/aromatic N) is 1. The number of carbonyl (C=O) groups is 2. The number of phenolic OH excluding ortho intramolecular Hbond substituents is 1. The summed E-state index contributed by atoms with van der Waals surface area (Å²) >= 11 is 0. The Balaban J connectivity index is 1.68. The topological polar surface area (TPSA) is 82.6 Å². The quantitative estimate of drug-likeness (QED) is 0.648. The van der Waals surface area contributed by atoms with Crippen molar-refractivity contribution in [3.8, 4) is 11.5 Å². The standard InChI is InChI=1S/C25H20N2O4/c1-15-13-27(25(30)21-11-16-10-17(29)8-9-20(16)26-21)22-12-23(31-14-28)18-6-4-2-3-5-7-19(18)24(15)22/h2-12,14-15,26,29H,13H2,1H3/b3-2?,4-2-,5-3-,6-4?,7-5?,18-6+,19-7+. The lowest BCUT2D eigenvalue weighted by Crippen LogP contribution is -2.32.